The number of nitrogens with one attached hydrogen (secondary N) is 2. The van der Waals surface area contributed by atoms with Gasteiger partial charge in [0.05, 0.1) is 0 Å². The number of hydrogen-bond acceptors (Lipinski definition) is 3. The van der Waals surface area contributed by atoms with Gasteiger partial charge >= 0.3 is 0 Å². The Morgan fingerprint density at radius 3 is 2.17 bits per heavy atom. The number of benzene rings is 2. The van der Waals surface area contributed by atoms with Gasteiger partial charge in [-0.25, -0.2) is 4.39 Å². The summed E-state index contributed by atoms with van der Waals surface area (Å²) in [6.45, 7) is 6.78. The van der Waals surface area contributed by atoms with E-state index in [-0.39, 0.29) is 29.8 Å². The number of piperazine rings is 1. The molecule has 0 unspecified atom stereocenters. The lowest BCUT2D eigenvalue weighted by atomic mass is 10.1. The van der Waals surface area contributed by atoms with Crippen molar-refractivity contribution >= 4 is 29.9 Å². The molecule has 0 bridgehead atoms. The summed E-state index contributed by atoms with van der Waals surface area (Å²) in [6.07, 6.45) is 0. The highest BCUT2D eigenvalue weighted by Crippen LogP contribution is 2.10. The first-order chi connectivity index (χ1) is 13.6. The third kappa shape index (κ3) is 7.91. The highest BCUT2D eigenvalue weighted by atomic mass is 127. The summed E-state index contributed by atoms with van der Waals surface area (Å²) in [4.78, 5) is 9.11. The molecular weight excluding hydrogens is 480 g/mol. The summed E-state index contributed by atoms with van der Waals surface area (Å²) in [5.74, 6) is 0.477. The predicted octanol–water partition coefficient (Wildman–Crippen LogP) is 3.06. The fourth-order valence-electron chi connectivity index (χ4n) is 3.27. The lowest BCUT2D eigenvalue weighted by Crippen LogP contribution is -2.43. The molecule has 0 saturated carbocycles. The molecule has 0 radical (unpaired) electrons. The van der Waals surface area contributed by atoms with Crippen molar-refractivity contribution in [3.8, 4) is 0 Å². The van der Waals surface area contributed by atoms with Gasteiger partial charge in [-0.05, 0) is 35.9 Å². The van der Waals surface area contributed by atoms with Crippen LogP contribution in [0.5, 0.6) is 0 Å². The van der Waals surface area contributed by atoms with Crippen LogP contribution in [0.2, 0.25) is 0 Å². The molecule has 0 aromatic heterocycles. The monoisotopic (exact) mass is 511 g/mol. The fraction of sp³-hybridized carbons (Fsp3) is 0.409. The Bertz CT molecular complexity index is 773. The van der Waals surface area contributed by atoms with Gasteiger partial charge in [0.2, 0.25) is 0 Å². The van der Waals surface area contributed by atoms with Gasteiger partial charge in [0.1, 0.15) is 5.82 Å². The molecule has 0 aliphatic carbocycles. The molecule has 1 aliphatic rings. The summed E-state index contributed by atoms with van der Waals surface area (Å²) < 4.78 is 13.3. The van der Waals surface area contributed by atoms with Crippen molar-refractivity contribution in [1.82, 2.24) is 20.4 Å². The summed E-state index contributed by atoms with van der Waals surface area (Å²) in [5.41, 5.74) is 3.44. The second-order valence-corrected chi connectivity index (χ2v) is 7.31. The molecule has 2 N–H and O–H groups in total. The van der Waals surface area contributed by atoms with E-state index in [1.807, 2.05) is 6.07 Å². The highest BCUT2D eigenvalue weighted by molar-refractivity contribution is 14.0. The van der Waals surface area contributed by atoms with Crippen LogP contribution in [0.1, 0.15) is 16.7 Å². The molecule has 158 valence electrons. The Labute approximate surface area is 190 Å². The number of likely N-dealkylation sites (N-methyl/N-ethyl adjacent to an activating group) is 1. The van der Waals surface area contributed by atoms with E-state index in [1.54, 1.807) is 13.1 Å². The zero-order valence-corrected chi connectivity index (χ0v) is 19.5. The highest BCUT2D eigenvalue weighted by Gasteiger charge is 2.13. The molecule has 0 spiro atoms. The predicted molar refractivity (Wildman–Crippen MR) is 128 cm³/mol. The molecule has 0 amide bonds. The topological polar surface area (TPSA) is 42.9 Å². The molecule has 1 aliphatic heterocycles. The van der Waals surface area contributed by atoms with E-state index in [9.17, 15) is 4.39 Å². The van der Waals surface area contributed by atoms with Gasteiger partial charge in [0.15, 0.2) is 5.96 Å². The van der Waals surface area contributed by atoms with E-state index in [0.717, 1.165) is 38.3 Å². The van der Waals surface area contributed by atoms with Crippen LogP contribution in [0.15, 0.2) is 53.5 Å². The largest absolute Gasteiger partial charge is 0.352 e. The molecule has 1 saturated heterocycles. The van der Waals surface area contributed by atoms with E-state index in [2.05, 4.69) is 56.7 Å². The van der Waals surface area contributed by atoms with E-state index in [0.29, 0.717) is 19.0 Å². The number of guanidine groups is 1. The van der Waals surface area contributed by atoms with Gasteiger partial charge in [0, 0.05) is 52.9 Å². The van der Waals surface area contributed by atoms with Gasteiger partial charge < -0.3 is 15.5 Å². The van der Waals surface area contributed by atoms with Crippen LogP contribution in [0.3, 0.4) is 0 Å². The zero-order chi connectivity index (χ0) is 19.8. The Morgan fingerprint density at radius 2 is 1.55 bits per heavy atom. The number of aliphatic imine (C=N–C) groups is 1. The minimum atomic E-state index is -0.223. The minimum absolute atomic E-state index is 0. The van der Waals surface area contributed by atoms with Crippen molar-refractivity contribution in [3.63, 3.8) is 0 Å². The first kappa shape index (κ1) is 23.6. The summed E-state index contributed by atoms with van der Waals surface area (Å²) >= 11 is 0. The maximum absolute atomic E-state index is 13.3. The molecule has 0 atom stereocenters. The van der Waals surface area contributed by atoms with Crippen LogP contribution in [-0.2, 0) is 19.6 Å². The van der Waals surface area contributed by atoms with E-state index < -0.39 is 0 Å². The number of rotatable bonds is 6. The molecule has 1 fully saturated rings. The average Bonchev–Trinajstić information content (AvgIpc) is 2.71. The van der Waals surface area contributed by atoms with Crippen LogP contribution >= 0.6 is 24.0 Å². The van der Waals surface area contributed by atoms with Crippen molar-refractivity contribution in [2.75, 3.05) is 40.3 Å². The van der Waals surface area contributed by atoms with Gasteiger partial charge in [0.25, 0.3) is 0 Å². The normalized spacial score (nSPS) is 15.6. The maximum atomic E-state index is 13.3. The lowest BCUT2D eigenvalue weighted by Gasteiger charge is -2.32. The van der Waals surface area contributed by atoms with Crippen LogP contribution in [0.4, 0.5) is 4.39 Å². The summed E-state index contributed by atoms with van der Waals surface area (Å²) in [6, 6.07) is 15.3. The van der Waals surface area contributed by atoms with Gasteiger partial charge in [-0.3, -0.25) is 9.89 Å². The van der Waals surface area contributed by atoms with Crippen LogP contribution < -0.4 is 10.6 Å². The third-order valence-corrected chi connectivity index (χ3v) is 5.06. The number of hydrogen-bond donors (Lipinski definition) is 2. The van der Waals surface area contributed by atoms with Crippen LogP contribution in [0.25, 0.3) is 0 Å². The second kappa shape index (κ2) is 12.1. The molecule has 5 nitrogen and oxygen atoms in total. The molecular formula is C22H31FIN5. The van der Waals surface area contributed by atoms with Gasteiger partial charge in [-0.1, -0.05) is 36.4 Å². The maximum Gasteiger partial charge on any atom is 0.191 e. The SMILES string of the molecule is CN=C(NCc1ccc(CN2CCN(C)CC2)cc1)NCc1cccc(F)c1.I. The molecule has 3 rings (SSSR count). The second-order valence-electron chi connectivity index (χ2n) is 7.31. The molecule has 7 heteroatoms. The van der Waals surface area contributed by atoms with Crippen molar-refractivity contribution < 1.29 is 4.39 Å². The van der Waals surface area contributed by atoms with Crippen molar-refractivity contribution in [2.24, 2.45) is 4.99 Å². The van der Waals surface area contributed by atoms with E-state index >= 15 is 0 Å². The molecule has 1 heterocycles. The minimum Gasteiger partial charge on any atom is -0.352 e. The molecule has 2 aromatic carbocycles. The standard InChI is InChI=1S/C22H30FN5.HI/c1-24-22(26-16-20-4-3-5-21(23)14-20)25-15-18-6-8-19(9-7-18)17-28-12-10-27(2)11-13-28;/h3-9,14H,10-13,15-17H2,1-2H3,(H2,24,25,26);1H. The van der Waals surface area contributed by atoms with Crippen LogP contribution in [0, 0.1) is 5.82 Å². The number of halogens is 2. The third-order valence-electron chi connectivity index (χ3n) is 5.06. The van der Waals surface area contributed by atoms with Crippen molar-refractivity contribution in [3.05, 3.63) is 71.0 Å². The Kier molecular flexibility index (Phi) is 9.83. The fourth-order valence-corrected chi connectivity index (χ4v) is 3.27. The van der Waals surface area contributed by atoms with Crippen molar-refractivity contribution in [2.45, 2.75) is 19.6 Å². The summed E-state index contributed by atoms with van der Waals surface area (Å²) in [7, 11) is 3.92. The van der Waals surface area contributed by atoms with Gasteiger partial charge in [-0.2, -0.15) is 0 Å². The van der Waals surface area contributed by atoms with E-state index in [1.165, 1.54) is 23.3 Å². The Morgan fingerprint density at radius 1 is 0.931 bits per heavy atom. The quantitative estimate of drug-likeness (QED) is 0.356. The van der Waals surface area contributed by atoms with Crippen LogP contribution in [-0.4, -0.2) is 56.0 Å². The first-order valence-corrected chi connectivity index (χ1v) is 9.80. The van der Waals surface area contributed by atoms with E-state index in [4.69, 9.17) is 0 Å². The smallest absolute Gasteiger partial charge is 0.191 e. The average molecular weight is 511 g/mol. The Hall–Kier alpha value is -1.71. The number of nitrogens with zero attached hydrogens (tertiary/aromatic N) is 3. The zero-order valence-electron chi connectivity index (χ0n) is 17.2. The lowest BCUT2D eigenvalue weighted by molar-refractivity contribution is 0.148. The Balaban J connectivity index is 0.00000300. The van der Waals surface area contributed by atoms with Gasteiger partial charge in [-0.15, -0.1) is 24.0 Å². The summed E-state index contributed by atoms with van der Waals surface area (Å²) in [5, 5.41) is 6.52. The molecule has 2 aromatic rings. The molecule has 29 heavy (non-hydrogen) atoms. The first-order valence-electron chi connectivity index (χ1n) is 9.80. The van der Waals surface area contributed by atoms with Crippen molar-refractivity contribution in [1.29, 1.82) is 0 Å².